The van der Waals surface area contributed by atoms with E-state index in [4.69, 9.17) is 21.4 Å². The Morgan fingerprint density at radius 3 is 2.50 bits per heavy atom. The third kappa shape index (κ3) is 7.37. The number of piperidine rings is 1. The number of nitrogens with one attached hydrogen (secondary N) is 2. The Morgan fingerprint density at radius 2 is 1.83 bits per heavy atom. The second-order valence-electron chi connectivity index (χ2n) is 12.1. The van der Waals surface area contributed by atoms with Crippen LogP contribution in [0.15, 0.2) is 47.5 Å². The summed E-state index contributed by atoms with van der Waals surface area (Å²) in [5.41, 5.74) is 2.26. The lowest BCUT2D eigenvalue weighted by Gasteiger charge is -2.36. The van der Waals surface area contributed by atoms with Gasteiger partial charge in [0.1, 0.15) is 10.8 Å². The number of aliphatic carboxylic acids is 1. The van der Waals surface area contributed by atoms with Crippen LogP contribution in [0.2, 0.25) is 5.02 Å². The van der Waals surface area contributed by atoms with Crippen molar-refractivity contribution in [2.45, 2.75) is 75.8 Å². The number of aromatic nitrogens is 2. The van der Waals surface area contributed by atoms with Crippen molar-refractivity contribution in [1.82, 2.24) is 19.8 Å². The van der Waals surface area contributed by atoms with E-state index in [2.05, 4.69) is 25.5 Å². The molecule has 246 valence electrons. The number of nitrogens with zero attached hydrogens (tertiary/aromatic N) is 4. The van der Waals surface area contributed by atoms with Gasteiger partial charge in [0.25, 0.3) is 5.91 Å². The minimum Gasteiger partial charge on any atom is -0.489 e. The number of carbonyl (C=O) groups is 2. The highest BCUT2D eigenvalue weighted by atomic mass is 35.5. The van der Waals surface area contributed by atoms with Crippen molar-refractivity contribution in [3.05, 3.63) is 58.7 Å². The quantitative estimate of drug-likeness (QED) is 0.224. The minimum atomic E-state index is -3.59. The first-order valence-electron chi connectivity index (χ1n) is 15.3. The second kappa shape index (κ2) is 13.8. The average Bonchev–Trinajstić information content (AvgIpc) is 3.32. The summed E-state index contributed by atoms with van der Waals surface area (Å²) < 4.78 is 32.1. The van der Waals surface area contributed by atoms with E-state index in [1.165, 1.54) is 12.3 Å². The molecule has 0 bridgehead atoms. The molecule has 3 N–H and O–H groups in total. The maximum Gasteiger partial charge on any atom is 0.304 e. The smallest absolute Gasteiger partial charge is 0.304 e. The molecular weight excluding hydrogens is 632 g/mol. The van der Waals surface area contributed by atoms with Gasteiger partial charge in [-0.25, -0.2) is 13.4 Å². The predicted molar refractivity (Wildman–Crippen MR) is 176 cm³/mol. The van der Waals surface area contributed by atoms with Crippen molar-refractivity contribution in [3.8, 4) is 5.75 Å². The van der Waals surface area contributed by atoms with E-state index in [0.717, 1.165) is 31.5 Å². The first kappa shape index (κ1) is 33.4. The third-order valence-electron chi connectivity index (χ3n) is 8.10. The number of ether oxygens (including phenoxy) is 1. The van der Waals surface area contributed by atoms with Crippen LogP contribution in [-0.4, -0.2) is 82.2 Å². The van der Waals surface area contributed by atoms with Gasteiger partial charge in [-0.3, -0.25) is 9.59 Å². The number of sulfone groups is 1. The molecule has 2 aliphatic rings. The first-order valence-corrected chi connectivity index (χ1v) is 17.2. The fourth-order valence-electron chi connectivity index (χ4n) is 5.65. The number of likely N-dealkylation sites (tertiary alicyclic amines) is 1. The molecule has 2 aliphatic heterocycles. The molecular formula is C32H39ClN6O6S. The molecule has 1 aromatic heterocycles. The van der Waals surface area contributed by atoms with Crippen molar-refractivity contribution < 1.29 is 27.9 Å². The maximum absolute atomic E-state index is 13.7. The Labute approximate surface area is 274 Å². The molecule has 3 aromatic rings. The van der Waals surface area contributed by atoms with Gasteiger partial charge >= 0.3 is 5.97 Å². The van der Waals surface area contributed by atoms with E-state index in [1.54, 1.807) is 38.1 Å². The first-order chi connectivity index (χ1) is 21.8. The van der Waals surface area contributed by atoms with Crippen molar-refractivity contribution in [1.29, 1.82) is 0 Å². The molecule has 0 unspecified atom stereocenters. The van der Waals surface area contributed by atoms with Crippen LogP contribution in [-0.2, 0) is 21.2 Å². The van der Waals surface area contributed by atoms with Gasteiger partial charge in [0.2, 0.25) is 5.95 Å². The van der Waals surface area contributed by atoms with Gasteiger partial charge < -0.3 is 30.3 Å². The molecule has 1 fully saturated rings. The fraction of sp³-hybridized carbons (Fsp3) is 0.438. The number of halogens is 1. The summed E-state index contributed by atoms with van der Waals surface area (Å²) in [6.07, 6.45) is 2.91. The summed E-state index contributed by atoms with van der Waals surface area (Å²) in [6, 6.07) is 10.3. The van der Waals surface area contributed by atoms with Crippen molar-refractivity contribution >= 4 is 56.5 Å². The summed E-state index contributed by atoms with van der Waals surface area (Å²) >= 11 is 6.44. The lowest BCUT2D eigenvalue weighted by Crippen LogP contribution is -2.45. The molecule has 12 nitrogen and oxygen atoms in total. The molecule has 3 heterocycles. The number of hydrogen-bond acceptors (Lipinski definition) is 10. The van der Waals surface area contributed by atoms with E-state index < -0.39 is 21.1 Å². The fourth-order valence-corrected chi connectivity index (χ4v) is 6.99. The van der Waals surface area contributed by atoms with Crippen LogP contribution in [0.4, 0.5) is 23.1 Å². The van der Waals surface area contributed by atoms with Crippen LogP contribution >= 0.6 is 11.6 Å². The number of carboxylic acids is 1. The van der Waals surface area contributed by atoms with Gasteiger partial charge in [-0.15, -0.1) is 0 Å². The molecule has 0 radical (unpaired) electrons. The monoisotopic (exact) mass is 670 g/mol. The van der Waals surface area contributed by atoms with Gasteiger partial charge in [0.15, 0.2) is 15.7 Å². The van der Waals surface area contributed by atoms with E-state index >= 15 is 0 Å². The normalized spacial score (nSPS) is 15.8. The van der Waals surface area contributed by atoms with Crippen LogP contribution in [0.25, 0.3) is 0 Å². The molecule has 0 aliphatic carbocycles. The zero-order valence-corrected chi connectivity index (χ0v) is 27.9. The lowest BCUT2D eigenvalue weighted by molar-refractivity contribution is -0.137. The van der Waals surface area contributed by atoms with Gasteiger partial charge in [-0.05, 0) is 70.4 Å². The Bertz CT molecular complexity index is 1730. The predicted octanol–water partition coefficient (Wildman–Crippen LogP) is 5.48. The zero-order chi connectivity index (χ0) is 33.2. The lowest BCUT2D eigenvalue weighted by atomic mass is 10.0. The Hall–Kier alpha value is -3.94. The third-order valence-corrected chi connectivity index (χ3v) is 10.6. The van der Waals surface area contributed by atoms with Crippen LogP contribution in [0.3, 0.4) is 0 Å². The van der Waals surface area contributed by atoms with Crippen LogP contribution < -0.4 is 15.4 Å². The number of fused-ring (bicyclic) bond motifs is 1. The summed E-state index contributed by atoms with van der Waals surface area (Å²) in [7, 11) is -3.59. The minimum absolute atomic E-state index is 0.0578. The number of amides is 1. The Morgan fingerprint density at radius 1 is 1.11 bits per heavy atom. The molecule has 0 spiro atoms. The molecule has 2 aromatic carbocycles. The number of benzene rings is 2. The zero-order valence-electron chi connectivity index (χ0n) is 26.3. The van der Waals surface area contributed by atoms with Gasteiger partial charge in [-0.2, -0.15) is 4.98 Å². The molecule has 0 atom stereocenters. The summed E-state index contributed by atoms with van der Waals surface area (Å²) in [5, 5.41) is 14.8. The van der Waals surface area contributed by atoms with Crippen LogP contribution in [0.5, 0.6) is 5.75 Å². The summed E-state index contributed by atoms with van der Waals surface area (Å²) in [6.45, 7) is 9.52. The molecule has 5 rings (SSSR count). The number of rotatable bonds is 12. The molecule has 0 saturated carbocycles. The number of hydrogen-bond donors (Lipinski definition) is 3. The highest BCUT2D eigenvalue weighted by Gasteiger charge is 2.35. The Balaban J connectivity index is 1.38. The van der Waals surface area contributed by atoms with Gasteiger partial charge in [0.05, 0.1) is 40.2 Å². The highest BCUT2D eigenvalue weighted by molar-refractivity contribution is 7.92. The van der Waals surface area contributed by atoms with E-state index in [-0.39, 0.29) is 46.2 Å². The summed E-state index contributed by atoms with van der Waals surface area (Å²) in [5.74, 6) is 0.0274. The number of anilines is 4. The highest BCUT2D eigenvalue weighted by Crippen LogP contribution is 2.38. The van der Waals surface area contributed by atoms with Crippen molar-refractivity contribution in [3.63, 3.8) is 0 Å². The number of carbonyl (C=O) groups excluding carboxylic acids is 1. The molecule has 1 amide bonds. The molecule has 1 saturated heterocycles. The van der Waals surface area contributed by atoms with E-state index in [9.17, 15) is 18.0 Å². The van der Waals surface area contributed by atoms with Crippen molar-refractivity contribution in [2.75, 3.05) is 30.3 Å². The SMILES string of the molecule is CC(C)Oc1cc2c(cc1Nc1ncc(Cl)c(Nc3ccccc3S(=O)(=O)C(C)C)n1)C(=O)N(C1CCN(CCC(=O)O)CC1)C2. The van der Waals surface area contributed by atoms with Crippen LogP contribution in [0.1, 0.15) is 62.9 Å². The number of para-hydroxylation sites is 1. The Kier molecular flexibility index (Phi) is 10.0. The largest absolute Gasteiger partial charge is 0.489 e. The number of carboxylic acid groups (broad SMARTS) is 1. The van der Waals surface area contributed by atoms with E-state index in [1.807, 2.05) is 24.8 Å². The maximum atomic E-state index is 13.7. The van der Waals surface area contributed by atoms with Crippen LogP contribution in [0, 0.1) is 0 Å². The standard InChI is InChI=1S/C32H39ClN6O6S/c1-19(2)45-27-15-21-18-39(22-9-12-38(13-10-22)14-11-29(40)41)31(42)23(21)16-26(27)36-32-34-17-24(33)30(37-32)35-25-7-5-6-8-28(25)46(43,44)20(3)4/h5-8,15-17,19-20,22H,9-14,18H2,1-4H3,(H,40,41)(H2,34,35,36,37). The van der Waals surface area contributed by atoms with Crippen molar-refractivity contribution in [2.24, 2.45) is 0 Å². The van der Waals surface area contributed by atoms with Gasteiger partial charge in [-0.1, -0.05) is 23.7 Å². The molecule has 14 heteroatoms. The van der Waals surface area contributed by atoms with E-state index in [0.29, 0.717) is 35.8 Å². The van der Waals surface area contributed by atoms with Gasteiger partial charge in [0, 0.05) is 37.8 Å². The average molecular weight is 671 g/mol. The summed E-state index contributed by atoms with van der Waals surface area (Å²) in [4.78, 5) is 37.6. The molecule has 46 heavy (non-hydrogen) atoms. The second-order valence-corrected chi connectivity index (χ2v) is 14.9. The topological polar surface area (TPSA) is 154 Å².